The molecule has 3 aromatic rings. The molecule has 2 heterocycles. The number of benzene rings is 1. The lowest BCUT2D eigenvalue weighted by Gasteiger charge is -2.35. The summed E-state index contributed by atoms with van der Waals surface area (Å²) in [5, 5.41) is 11.8. The number of nitrogens with one attached hydrogen (secondary N) is 1. The van der Waals surface area contributed by atoms with Crippen LogP contribution in [0.3, 0.4) is 0 Å². The lowest BCUT2D eigenvalue weighted by atomic mass is 9.79. The van der Waals surface area contributed by atoms with E-state index < -0.39 is 0 Å². The molecular formula is C20H27N7O. The number of fused-ring (bicyclic) bond motifs is 1. The van der Waals surface area contributed by atoms with E-state index in [1.165, 1.54) is 0 Å². The number of para-hydroxylation sites is 2. The molecule has 1 N–H and O–H groups in total. The number of hydrogen-bond acceptors (Lipinski definition) is 5. The van der Waals surface area contributed by atoms with Gasteiger partial charge in [0.15, 0.2) is 0 Å². The smallest absolute Gasteiger partial charge is 0.240 e. The maximum absolute atomic E-state index is 12.5. The molecule has 1 amide bonds. The average molecular weight is 381 g/mol. The van der Waals surface area contributed by atoms with Crippen LogP contribution in [-0.2, 0) is 24.9 Å². The topological polar surface area (TPSA) is 80.9 Å². The number of rotatable bonds is 6. The van der Waals surface area contributed by atoms with Gasteiger partial charge in [-0.05, 0) is 46.0 Å². The van der Waals surface area contributed by atoms with E-state index >= 15 is 0 Å². The highest BCUT2D eigenvalue weighted by atomic mass is 16.2. The Morgan fingerprint density at radius 2 is 2.00 bits per heavy atom. The zero-order valence-corrected chi connectivity index (χ0v) is 16.9. The van der Waals surface area contributed by atoms with Crippen LogP contribution in [0.5, 0.6) is 0 Å². The molecule has 8 nitrogen and oxygen atoms in total. The fourth-order valence-corrected chi connectivity index (χ4v) is 3.91. The van der Waals surface area contributed by atoms with E-state index in [1.54, 1.807) is 0 Å². The van der Waals surface area contributed by atoms with E-state index in [0.29, 0.717) is 12.5 Å². The molecule has 0 saturated heterocycles. The molecule has 2 aromatic heterocycles. The van der Waals surface area contributed by atoms with Gasteiger partial charge in [0.05, 0.1) is 17.6 Å². The van der Waals surface area contributed by atoms with E-state index in [9.17, 15) is 4.79 Å². The molecule has 1 fully saturated rings. The summed E-state index contributed by atoms with van der Waals surface area (Å²) < 4.78 is 4.06. The van der Waals surface area contributed by atoms with Crippen LogP contribution in [0.2, 0.25) is 0 Å². The highest BCUT2D eigenvalue weighted by Gasteiger charge is 2.35. The van der Waals surface area contributed by atoms with Crippen molar-refractivity contribution in [3.63, 3.8) is 0 Å². The number of hydrogen-bond donors (Lipinski definition) is 1. The monoisotopic (exact) mass is 381 g/mol. The van der Waals surface area contributed by atoms with Gasteiger partial charge in [0.1, 0.15) is 24.0 Å². The van der Waals surface area contributed by atoms with Gasteiger partial charge in [-0.25, -0.2) is 4.98 Å². The highest BCUT2D eigenvalue weighted by Crippen LogP contribution is 2.36. The molecular weight excluding hydrogens is 354 g/mol. The van der Waals surface area contributed by atoms with Crippen LogP contribution in [0.25, 0.3) is 11.0 Å². The highest BCUT2D eigenvalue weighted by molar-refractivity contribution is 5.81. The molecule has 0 radical (unpaired) electrons. The van der Waals surface area contributed by atoms with Crippen LogP contribution in [0.1, 0.15) is 36.2 Å². The summed E-state index contributed by atoms with van der Waals surface area (Å²) in [6.07, 6.45) is 1.81. The number of carbonyl (C=O) groups is 1. The summed E-state index contributed by atoms with van der Waals surface area (Å²) in [4.78, 5) is 19.2. The van der Waals surface area contributed by atoms with Gasteiger partial charge in [-0.15, -0.1) is 10.2 Å². The number of aryl methyl sites for hydroxylation is 1. The Labute approximate surface area is 164 Å². The van der Waals surface area contributed by atoms with Gasteiger partial charge in [0, 0.05) is 19.0 Å². The van der Waals surface area contributed by atoms with Gasteiger partial charge < -0.3 is 19.4 Å². The molecule has 0 atom stereocenters. The van der Waals surface area contributed by atoms with E-state index in [0.717, 1.165) is 47.9 Å². The summed E-state index contributed by atoms with van der Waals surface area (Å²) in [6.45, 7) is 3.01. The first-order valence-electron chi connectivity index (χ1n) is 9.66. The first kappa shape index (κ1) is 18.6. The van der Waals surface area contributed by atoms with E-state index in [4.69, 9.17) is 0 Å². The molecule has 0 bridgehead atoms. The predicted octanol–water partition coefficient (Wildman–Crippen LogP) is 1.60. The number of carbonyl (C=O) groups excluding carboxylic acids is 1. The van der Waals surface area contributed by atoms with Crippen molar-refractivity contribution in [3.8, 4) is 0 Å². The van der Waals surface area contributed by atoms with Crippen molar-refractivity contribution in [3.05, 3.63) is 41.7 Å². The Hall–Kier alpha value is -2.74. The molecule has 28 heavy (non-hydrogen) atoms. The van der Waals surface area contributed by atoms with E-state index in [1.807, 2.05) is 56.9 Å². The summed E-state index contributed by atoms with van der Waals surface area (Å²) in [5.41, 5.74) is 1.92. The second kappa shape index (κ2) is 7.35. The molecule has 8 heteroatoms. The molecule has 1 aromatic carbocycles. The molecule has 0 aliphatic heterocycles. The van der Waals surface area contributed by atoms with Crippen molar-refractivity contribution in [2.45, 2.75) is 44.8 Å². The molecule has 1 saturated carbocycles. The predicted molar refractivity (Wildman–Crippen MR) is 107 cm³/mol. The van der Waals surface area contributed by atoms with Crippen LogP contribution in [0, 0.1) is 6.92 Å². The van der Waals surface area contributed by atoms with Crippen LogP contribution >= 0.6 is 0 Å². The fraction of sp³-hybridized carbons (Fsp3) is 0.500. The average Bonchev–Trinajstić information content (AvgIpc) is 3.11. The van der Waals surface area contributed by atoms with Crippen LogP contribution in [0.4, 0.5) is 0 Å². The SMILES string of the molecule is Cc1nc2ccccc2n1CC(=O)NC1CC(c2nnc(CN(C)C)n2C)C1. The summed E-state index contributed by atoms with van der Waals surface area (Å²) in [5.74, 6) is 3.22. The molecule has 1 aliphatic carbocycles. The summed E-state index contributed by atoms with van der Waals surface area (Å²) in [7, 11) is 6.07. The Balaban J connectivity index is 1.34. The third-order valence-electron chi connectivity index (χ3n) is 5.47. The molecule has 148 valence electrons. The first-order chi connectivity index (χ1) is 13.4. The first-order valence-corrected chi connectivity index (χ1v) is 9.66. The third-order valence-corrected chi connectivity index (χ3v) is 5.47. The minimum Gasteiger partial charge on any atom is -0.352 e. The van der Waals surface area contributed by atoms with Crippen molar-refractivity contribution < 1.29 is 4.79 Å². The maximum atomic E-state index is 12.5. The number of aromatic nitrogens is 5. The van der Waals surface area contributed by atoms with Crippen molar-refractivity contribution >= 4 is 16.9 Å². The number of imidazole rings is 1. The van der Waals surface area contributed by atoms with Crippen LogP contribution in [-0.4, -0.2) is 55.3 Å². The Bertz CT molecular complexity index is 997. The molecule has 0 spiro atoms. The quantitative estimate of drug-likeness (QED) is 0.701. The Morgan fingerprint density at radius 3 is 2.75 bits per heavy atom. The van der Waals surface area contributed by atoms with Gasteiger partial charge in [-0.3, -0.25) is 4.79 Å². The Morgan fingerprint density at radius 1 is 1.25 bits per heavy atom. The van der Waals surface area contributed by atoms with Gasteiger partial charge in [-0.2, -0.15) is 0 Å². The largest absolute Gasteiger partial charge is 0.352 e. The molecule has 4 rings (SSSR count). The third kappa shape index (κ3) is 3.52. The molecule has 0 unspecified atom stereocenters. The van der Waals surface area contributed by atoms with Gasteiger partial charge >= 0.3 is 0 Å². The number of nitrogens with zero attached hydrogens (tertiary/aromatic N) is 6. The van der Waals surface area contributed by atoms with E-state index in [2.05, 4.69) is 30.0 Å². The van der Waals surface area contributed by atoms with Crippen LogP contribution in [0.15, 0.2) is 24.3 Å². The normalized spacial score (nSPS) is 19.2. The minimum atomic E-state index is 0.0287. The Kier molecular flexibility index (Phi) is 4.89. The summed E-state index contributed by atoms with van der Waals surface area (Å²) in [6, 6.07) is 8.10. The van der Waals surface area contributed by atoms with Crippen molar-refractivity contribution in [1.29, 1.82) is 0 Å². The van der Waals surface area contributed by atoms with E-state index in [-0.39, 0.29) is 11.9 Å². The zero-order valence-electron chi connectivity index (χ0n) is 16.9. The lowest BCUT2D eigenvalue weighted by Crippen LogP contribution is -2.45. The second-order valence-corrected chi connectivity index (χ2v) is 7.94. The molecule has 1 aliphatic rings. The van der Waals surface area contributed by atoms with Crippen molar-refractivity contribution in [2.24, 2.45) is 7.05 Å². The van der Waals surface area contributed by atoms with Gasteiger partial charge in [-0.1, -0.05) is 12.1 Å². The maximum Gasteiger partial charge on any atom is 0.240 e. The zero-order chi connectivity index (χ0) is 19.8. The summed E-state index contributed by atoms with van der Waals surface area (Å²) >= 11 is 0. The second-order valence-electron chi connectivity index (χ2n) is 7.94. The number of amides is 1. The van der Waals surface area contributed by atoms with Gasteiger partial charge in [0.2, 0.25) is 5.91 Å². The van der Waals surface area contributed by atoms with Gasteiger partial charge in [0.25, 0.3) is 0 Å². The fourth-order valence-electron chi connectivity index (χ4n) is 3.91. The van der Waals surface area contributed by atoms with Crippen molar-refractivity contribution in [2.75, 3.05) is 14.1 Å². The van der Waals surface area contributed by atoms with Crippen molar-refractivity contribution in [1.82, 2.24) is 34.5 Å². The minimum absolute atomic E-state index is 0.0287. The lowest BCUT2D eigenvalue weighted by molar-refractivity contribution is -0.123. The standard InChI is InChI=1S/C20H27N7O/c1-13-21-16-7-5-6-8-17(16)27(13)12-19(28)22-15-9-14(10-15)20-24-23-18(26(20)4)11-25(2)3/h5-8,14-15H,9-12H2,1-4H3,(H,22,28). The van der Waals surface area contributed by atoms with Crippen LogP contribution < -0.4 is 5.32 Å².